The molecule has 20 heavy (non-hydrogen) atoms. The van der Waals surface area contributed by atoms with Crippen LogP contribution in [0, 0.1) is 0 Å². The molecule has 1 aliphatic heterocycles. The fraction of sp³-hybridized carbons (Fsp3) is 1.00. The Morgan fingerprint density at radius 2 is 1.80 bits per heavy atom. The lowest BCUT2D eigenvalue weighted by Crippen LogP contribution is -2.48. The van der Waals surface area contributed by atoms with Gasteiger partial charge >= 0.3 is 0 Å². The van der Waals surface area contributed by atoms with Crippen LogP contribution in [0.3, 0.4) is 0 Å². The predicted octanol–water partition coefficient (Wildman–Crippen LogP) is 0.342. The molecule has 1 aliphatic rings. The molecular formula is C15H33N3O2. The van der Waals surface area contributed by atoms with Crippen LogP contribution in [-0.4, -0.2) is 98.0 Å². The molecule has 120 valence electrons. The van der Waals surface area contributed by atoms with Crippen LogP contribution in [0.25, 0.3) is 0 Å². The van der Waals surface area contributed by atoms with Gasteiger partial charge in [-0.3, -0.25) is 4.90 Å². The average Bonchev–Trinajstić information content (AvgIpc) is 2.30. The van der Waals surface area contributed by atoms with Crippen LogP contribution in [0.5, 0.6) is 0 Å². The molecule has 0 aromatic carbocycles. The maximum atomic E-state index is 10.2. The Bertz CT molecular complexity index is 260. The molecule has 1 fully saturated rings. The number of likely N-dealkylation sites (N-methyl/N-ethyl adjacent to an activating group) is 2. The van der Waals surface area contributed by atoms with Crippen LogP contribution in [-0.2, 0) is 4.74 Å². The van der Waals surface area contributed by atoms with Crippen molar-refractivity contribution in [3.8, 4) is 0 Å². The Balaban J connectivity index is 2.13. The summed E-state index contributed by atoms with van der Waals surface area (Å²) in [4.78, 5) is 6.83. The second kappa shape index (κ2) is 8.29. The molecule has 0 amide bonds. The molecular weight excluding hydrogens is 254 g/mol. The zero-order valence-corrected chi connectivity index (χ0v) is 13.9. The summed E-state index contributed by atoms with van der Waals surface area (Å²) in [5.74, 6) is 0. The number of hydrogen-bond donors (Lipinski definition) is 1. The van der Waals surface area contributed by atoms with Crippen molar-refractivity contribution in [3.63, 3.8) is 0 Å². The second-order valence-corrected chi connectivity index (χ2v) is 6.98. The lowest BCUT2D eigenvalue weighted by Gasteiger charge is -2.34. The van der Waals surface area contributed by atoms with Crippen molar-refractivity contribution in [2.45, 2.75) is 32.5 Å². The van der Waals surface area contributed by atoms with Crippen molar-refractivity contribution < 1.29 is 9.84 Å². The first-order valence-corrected chi connectivity index (χ1v) is 7.68. The van der Waals surface area contributed by atoms with Crippen LogP contribution in [0.1, 0.15) is 20.8 Å². The molecule has 0 aromatic heterocycles. The van der Waals surface area contributed by atoms with Crippen molar-refractivity contribution in [1.29, 1.82) is 0 Å². The fourth-order valence-corrected chi connectivity index (χ4v) is 2.34. The van der Waals surface area contributed by atoms with Gasteiger partial charge in [0.05, 0.1) is 18.3 Å². The molecule has 0 saturated carbocycles. The van der Waals surface area contributed by atoms with Gasteiger partial charge in [0.25, 0.3) is 0 Å². The van der Waals surface area contributed by atoms with E-state index in [4.69, 9.17) is 4.74 Å². The monoisotopic (exact) mass is 287 g/mol. The van der Waals surface area contributed by atoms with Crippen molar-refractivity contribution >= 4 is 0 Å². The summed E-state index contributed by atoms with van der Waals surface area (Å²) in [5, 5.41) is 10.2. The minimum absolute atomic E-state index is 0.0840. The standard InChI is InChI=1S/C15H33N3O2/c1-15(2,3)20-11-10-17(5)12-14(19)13-18-8-6-16(4)7-9-18/h14,19H,6-13H2,1-5H3. The SMILES string of the molecule is CN1CCN(CC(O)CN(C)CCOC(C)(C)C)CC1. The molecule has 0 aromatic rings. The van der Waals surface area contributed by atoms with Crippen molar-refractivity contribution in [2.75, 3.05) is 66.5 Å². The van der Waals surface area contributed by atoms with E-state index in [2.05, 4.69) is 42.5 Å². The highest BCUT2D eigenvalue weighted by atomic mass is 16.5. The number of aliphatic hydroxyl groups is 1. The van der Waals surface area contributed by atoms with Crippen LogP contribution in [0.4, 0.5) is 0 Å². The maximum Gasteiger partial charge on any atom is 0.0793 e. The third-order valence-corrected chi connectivity index (χ3v) is 3.60. The van der Waals surface area contributed by atoms with E-state index in [1.165, 1.54) is 0 Å². The molecule has 1 unspecified atom stereocenters. The lowest BCUT2D eigenvalue weighted by molar-refractivity contribution is -0.0158. The van der Waals surface area contributed by atoms with Gasteiger partial charge in [0.2, 0.25) is 0 Å². The number of nitrogens with zero attached hydrogens (tertiary/aromatic N) is 3. The molecule has 0 spiro atoms. The number of hydrogen-bond acceptors (Lipinski definition) is 5. The van der Waals surface area contributed by atoms with E-state index < -0.39 is 0 Å². The summed E-state index contributed by atoms with van der Waals surface area (Å²) in [6.45, 7) is 13.6. The maximum absolute atomic E-state index is 10.2. The van der Waals surface area contributed by atoms with Gasteiger partial charge in [-0.15, -0.1) is 0 Å². The third kappa shape index (κ3) is 8.17. The van der Waals surface area contributed by atoms with E-state index in [-0.39, 0.29) is 11.7 Å². The van der Waals surface area contributed by atoms with Gasteiger partial charge < -0.3 is 19.6 Å². The van der Waals surface area contributed by atoms with Crippen molar-refractivity contribution in [1.82, 2.24) is 14.7 Å². The molecule has 0 bridgehead atoms. The van der Waals surface area contributed by atoms with E-state index in [9.17, 15) is 5.11 Å². The molecule has 5 heteroatoms. The zero-order chi connectivity index (χ0) is 15.2. The molecule has 0 aliphatic carbocycles. The number of aliphatic hydroxyl groups excluding tert-OH is 1. The molecule has 1 heterocycles. The Hall–Kier alpha value is -0.200. The highest BCUT2D eigenvalue weighted by Gasteiger charge is 2.18. The van der Waals surface area contributed by atoms with Gasteiger partial charge in [-0.2, -0.15) is 0 Å². The summed E-state index contributed by atoms with van der Waals surface area (Å²) in [5.41, 5.74) is -0.0840. The fourth-order valence-electron chi connectivity index (χ4n) is 2.34. The van der Waals surface area contributed by atoms with Crippen molar-refractivity contribution in [2.24, 2.45) is 0 Å². The predicted molar refractivity (Wildman–Crippen MR) is 83.1 cm³/mol. The van der Waals surface area contributed by atoms with Gasteiger partial charge in [0, 0.05) is 45.8 Å². The third-order valence-electron chi connectivity index (χ3n) is 3.60. The van der Waals surface area contributed by atoms with Gasteiger partial charge in [0.15, 0.2) is 0 Å². The summed E-state index contributed by atoms with van der Waals surface area (Å²) in [6, 6.07) is 0. The van der Waals surface area contributed by atoms with Crippen molar-refractivity contribution in [3.05, 3.63) is 0 Å². The molecule has 1 N–H and O–H groups in total. The minimum atomic E-state index is -0.280. The topological polar surface area (TPSA) is 39.2 Å². The Morgan fingerprint density at radius 3 is 2.35 bits per heavy atom. The Labute approximate surface area is 124 Å². The van der Waals surface area contributed by atoms with Crippen LogP contribution < -0.4 is 0 Å². The highest BCUT2D eigenvalue weighted by molar-refractivity contribution is 4.73. The highest BCUT2D eigenvalue weighted by Crippen LogP contribution is 2.06. The Morgan fingerprint density at radius 1 is 1.20 bits per heavy atom. The first-order valence-electron chi connectivity index (χ1n) is 7.68. The zero-order valence-electron chi connectivity index (χ0n) is 13.9. The van der Waals surface area contributed by atoms with Gasteiger partial charge in [-0.05, 0) is 34.9 Å². The largest absolute Gasteiger partial charge is 0.390 e. The molecule has 5 nitrogen and oxygen atoms in total. The number of piperazine rings is 1. The molecule has 1 saturated heterocycles. The molecule has 1 atom stereocenters. The van der Waals surface area contributed by atoms with Gasteiger partial charge in [0.1, 0.15) is 0 Å². The van der Waals surface area contributed by atoms with E-state index in [1.54, 1.807) is 0 Å². The van der Waals surface area contributed by atoms with Crippen LogP contribution >= 0.6 is 0 Å². The number of rotatable bonds is 7. The summed E-state index contributed by atoms with van der Waals surface area (Å²) in [7, 11) is 4.19. The first kappa shape index (κ1) is 17.9. The smallest absolute Gasteiger partial charge is 0.0793 e. The normalized spacial score (nSPS) is 20.6. The summed E-state index contributed by atoms with van der Waals surface area (Å²) >= 11 is 0. The number of β-amino-alcohol motifs (C(OH)–C–C–N with tert-alkyl or cyclic N) is 1. The first-order chi connectivity index (χ1) is 9.26. The van der Waals surface area contributed by atoms with Crippen LogP contribution in [0.2, 0.25) is 0 Å². The van der Waals surface area contributed by atoms with Crippen LogP contribution in [0.15, 0.2) is 0 Å². The Kier molecular flexibility index (Phi) is 7.40. The molecule has 0 radical (unpaired) electrons. The quantitative estimate of drug-likeness (QED) is 0.731. The van der Waals surface area contributed by atoms with E-state index >= 15 is 0 Å². The second-order valence-electron chi connectivity index (χ2n) is 6.98. The minimum Gasteiger partial charge on any atom is -0.390 e. The number of ether oxygens (including phenoxy) is 1. The average molecular weight is 287 g/mol. The van der Waals surface area contributed by atoms with E-state index in [0.717, 1.165) is 39.3 Å². The van der Waals surface area contributed by atoms with E-state index in [1.807, 2.05) is 7.05 Å². The molecule has 1 rings (SSSR count). The van der Waals surface area contributed by atoms with Gasteiger partial charge in [-0.25, -0.2) is 0 Å². The summed E-state index contributed by atoms with van der Waals surface area (Å²) in [6.07, 6.45) is -0.280. The summed E-state index contributed by atoms with van der Waals surface area (Å²) < 4.78 is 5.70. The van der Waals surface area contributed by atoms with Gasteiger partial charge in [-0.1, -0.05) is 0 Å². The lowest BCUT2D eigenvalue weighted by atomic mass is 10.2. The van der Waals surface area contributed by atoms with E-state index in [0.29, 0.717) is 13.2 Å².